The van der Waals surface area contributed by atoms with Gasteiger partial charge in [-0.25, -0.2) is 15.0 Å². The van der Waals surface area contributed by atoms with Crippen LogP contribution in [0.5, 0.6) is 0 Å². The van der Waals surface area contributed by atoms with Crippen molar-refractivity contribution in [1.29, 1.82) is 0 Å². The highest BCUT2D eigenvalue weighted by Gasteiger charge is 2.38. The van der Waals surface area contributed by atoms with Crippen LogP contribution in [-0.2, 0) is 10.8 Å². The maximum Gasteiger partial charge on any atom is 0.164 e. The van der Waals surface area contributed by atoms with Crippen molar-refractivity contribution >= 4 is 43.4 Å². The number of nitrogens with zero attached hydrogens (tertiary/aromatic N) is 4. The summed E-state index contributed by atoms with van der Waals surface area (Å²) in [4.78, 5) is 15.7. The van der Waals surface area contributed by atoms with Gasteiger partial charge in [0.25, 0.3) is 0 Å². The fraction of sp³-hybridized carbons (Fsp3) is 0.131. The van der Waals surface area contributed by atoms with Crippen LogP contribution in [0, 0.1) is 0 Å². The normalized spacial score (nSPS) is 14.3. The van der Waals surface area contributed by atoms with Gasteiger partial charge in [-0.2, -0.15) is 0 Å². The molecule has 0 aliphatic heterocycles. The predicted molar refractivity (Wildman–Crippen MR) is 272 cm³/mol. The highest BCUT2D eigenvalue weighted by molar-refractivity contribution is 6.11. The van der Waals surface area contributed by atoms with Gasteiger partial charge < -0.3 is 4.57 Å². The third-order valence-electron chi connectivity index (χ3n) is 14.1. The first-order chi connectivity index (χ1) is 31.7. The average Bonchev–Trinajstić information content (AvgIpc) is 3.68. The number of hydrogen-bond donors (Lipinski definition) is 0. The smallest absolute Gasteiger partial charge is 0.164 e. The lowest BCUT2D eigenvalue weighted by Crippen LogP contribution is -2.33. The molecule has 9 aromatic carbocycles. The lowest BCUT2D eigenvalue weighted by Gasteiger charge is -2.42. The van der Waals surface area contributed by atoms with Gasteiger partial charge in [0.15, 0.2) is 17.5 Å². The third kappa shape index (κ3) is 6.71. The fourth-order valence-corrected chi connectivity index (χ4v) is 10.3. The van der Waals surface area contributed by atoms with Crippen LogP contribution >= 0.6 is 0 Å². The number of aromatic nitrogens is 4. The van der Waals surface area contributed by atoms with Gasteiger partial charge in [-0.15, -0.1) is 0 Å². The first-order valence-electron chi connectivity index (χ1n) is 22.8. The summed E-state index contributed by atoms with van der Waals surface area (Å²) in [5, 5.41) is 7.33. The van der Waals surface area contributed by atoms with E-state index >= 15 is 0 Å². The molecular weight excluding hydrogens is 789 g/mol. The average molecular weight is 837 g/mol. The van der Waals surface area contributed by atoms with Gasteiger partial charge in [0, 0.05) is 32.8 Å². The van der Waals surface area contributed by atoms with Gasteiger partial charge in [0.1, 0.15) is 0 Å². The number of rotatable bonds is 6. The van der Waals surface area contributed by atoms with Gasteiger partial charge in [0.2, 0.25) is 0 Å². The molecule has 0 saturated carbocycles. The molecule has 65 heavy (non-hydrogen) atoms. The van der Waals surface area contributed by atoms with E-state index in [0.717, 1.165) is 56.3 Å². The van der Waals surface area contributed by atoms with Crippen molar-refractivity contribution in [2.75, 3.05) is 0 Å². The number of para-hydroxylation sites is 1. The maximum atomic E-state index is 5.28. The standard InChI is InChI=1S/C61H48N4/c1-60(2)32-33-61(3,4)53-38-56-51(37-52(53)60)49-21-10-11-22-54(49)65(56)55-23-13-18-42-27-31-48(36-50(42)55)59-63-57(62-58(64-59)47-20-12-19-45(35-47)39-14-6-5-7-15-39)43-28-24-41(25-29-43)46-30-26-40-16-8-9-17-44(40)34-46/h5-31,34-38H,32-33H2,1-4H3. The van der Waals surface area contributed by atoms with E-state index in [1.54, 1.807) is 0 Å². The van der Waals surface area contributed by atoms with Gasteiger partial charge in [-0.1, -0.05) is 179 Å². The van der Waals surface area contributed by atoms with E-state index < -0.39 is 0 Å². The molecule has 12 rings (SSSR count). The lowest BCUT2D eigenvalue weighted by atomic mass is 9.63. The van der Waals surface area contributed by atoms with Crippen LogP contribution in [0.25, 0.3) is 105 Å². The monoisotopic (exact) mass is 836 g/mol. The van der Waals surface area contributed by atoms with Crippen molar-refractivity contribution in [1.82, 2.24) is 19.5 Å². The van der Waals surface area contributed by atoms with Crippen LogP contribution in [0.3, 0.4) is 0 Å². The molecule has 2 aromatic heterocycles. The molecule has 1 aliphatic rings. The van der Waals surface area contributed by atoms with Crippen molar-refractivity contribution in [3.8, 4) is 62.1 Å². The first kappa shape index (κ1) is 38.9. The van der Waals surface area contributed by atoms with E-state index in [9.17, 15) is 0 Å². The fourth-order valence-electron chi connectivity index (χ4n) is 10.3. The molecule has 4 nitrogen and oxygen atoms in total. The Kier molecular flexibility index (Phi) is 8.96. The van der Waals surface area contributed by atoms with Crippen LogP contribution in [0.2, 0.25) is 0 Å². The molecule has 4 heteroatoms. The summed E-state index contributed by atoms with van der Waals surface area (Å²) in [7, 11) is 0. The Morgan fingerprint density at radius 3 is 1.65 bits per heavy atom. The first-order valence-corrected chi connectivity index (χ1v) is 22.8. The Bertz CT molecular complexity index is 3650. The highest BCUT2D eigenvalue weighted by atomic mass is 15.0. The van der Waals surface area contributed by atoms with E-state index in [-0.39, 0.29) is 10.8 Å². The summed E-state index contributed by atoms with van der Waals surface area (Å²) in [6.45, 7) is 9.66. The van der Waals surface area contributed by atoms with E-state index in [0.29, 0.717) is 17.5 Å². The number of hydrogen-bond acceptors (Lipinski definition) is 3. The van der Waals surface area contributed by atoms with E-state index in [1.807, 2.05) is 6.07 Å². The van der Waals surface area contributed by atoms with Gasteiger partial charge in [-0.3, -0.25) is 0 Å². The number of benzene rings is 9. The molecule has 0 amide bonds. The van der Waals surface area contributed by atoms with Crippen molar-refractivity contribution in [3.05, 3.63) is 205 Å². The summed E-state index contributed by atoms with van der Waals surface area (Å²) < 4.78 is 2.49. The van der Waals surface area contributed by atoms with Gasteiger partial charge >= 0.3 is 0 Å². The van der Waals surface area contributed by atoms with Crippen molar-refractivity contribution in [2.24, 2.45) is 0 Å². The van der Waals surface area contributed by atoms with Crippen LogP contribution in [0.15, 0.2) is 194 Å². The molecule has 0 unspecified atom stereocenters. The molecule has 1 aliphatic carbocycles. The summed E-state index contributed by atoms with van der Waals surface area (Å²) in [6, 6.07) is 70.0. The maximum absolute atomic E-state index is 5.28. The summed E-state index contributed by atoms with van der Waals surface area (Å²) in [5.41, 5.74) is 14.1. The Morgan fingerprint density at radius 2 is 0.862 bits per heavy atom. The minimum absolute atomic E-state index is 0.0811. The van der Waals surface area contributed by atoms with Crippen LogP contribution in [-0.4, -0.2) is 19.5 Å². The van der Waals surface area contributed by atoms with Crippen LogP contribution in [0.4, 0.5) is 0 Å². The van der Waals surface area contributed by atoms with Crippen LogP contribution in [0.1, 0.15) is 51.7 Å². The van der Waals surface area contributed by atoms with Crippen molar-refractivity contribution in [2.45, 2.75) is 51.4 Å². The summed E-state index contributed by atoms with van der Waals surface area (Å²) >= 11 is 0. The second-order valence-electron chi connectivity index (χ2n) is 19.1. The Balaban J connectivity index is 1.03. The molecule has 312 valence electrons. The Morgan fingerprint density at radius 1 is 0.338 bits per heavy atom. The van der Waals surface area contributed by atoms with E-state index in [2.05, 4.69) is 220 Å². The molecule has 0 bridgehead atoms. The van der Waals surface area contributed by atoms with Gasteiger partial charge in [-0.05, 0) is 116 Å². The SMILES string of the molecule is CC1(C)CCC(C)(C)c2cc3c(cc21)c1ccccc1n3-c1cccc2ccc(-c3nc(-c4ccc(-c5ccc6ccccc6c5)cc4)nc(-c4cccc(-c5ccccc5)c4)n3)cc12. The molecule has 0 atom stereocenters. The molecule has 0 saturated heterocycles. The Hall–Kier alpha value is -7.69. The van der Waals surface area contributed by atoms with Gasteiger partial charge in [0.05, 0.1) is 16.7 Å². The molecular formula is C61H48N4. The topological polar surface area (TPSA) is 43.6 Å². The zero-order valence-corrected chi connectivity index (χ0v) is 37.2. The molecule has 2 heterocycles. The van der Waals surface area contributed by atoms with Crippen molar-refractivity contribution in [3.63, 3.8) is 0 Å². The lowest BCUT2D eigenvalue weighted by molar-refractivity contribution is 0.332. The zero-order chi connectivity index (χ0) is 43.9. The molecule has 0 radical (unpaired) electrons. The second-order valence-corrected chi connectivity index (χ2v) is 19.1. The highest BCUT2D eigenvalue weighted by Crippen LogP contribution is 2.49. The summed E-state index contributed by atoms with van der Waals surface area (Å²) in [5.74, 6) is 1.89. The van der Waals surface area contributed by atoms with E-state index in [1.165, 1.54) is 55.7 Å². The van der Waals surface area contributed by atoms with Crippen molar-refractivity contribution < 1.29 is 0 Å². The number of fused-ring (bicyclic) bond motifs is 6. The molecule has 0 fully saturated rings. The molecule has 0 spiro atoms. The largest absolute Gasteiger partial charge is 0.309 e. The Labute approximate surface area is 379 Å². The zero-order valence-electron chi connectivity index (χ0n) is 37.2. The molecule has 11 aromatic rings. The second kappa shape index (κ2) is 15.0. The predicted octanol–water partition coefficient (Wildman–Crippen LogP) is 16.0. The minimum atomic E-state index is 0.0811. The quantitative estimate of drug-likeness (QED) is 0.168. The van der Waals surface area contributed by atoms with E-state index in [4.69, 9.17) is 15.0 Å². The van der Waals surface area contributed by atoms with Crippen LogP contribution < -0.4 is 0 Å². The summed E-state index contributed by atoms with van der Waals surface area (Å²) in [6.07, 6.45) is 2.34. The third-order valence-corrected chi connectivity index (χ3v) is 14.1. The minimum Gasteiger partial charge on any atom is -0.309 e. The molecule has 0 N–H and O–H groups in total.